The van der Waals surface area contributed by atoms with Gasteiger partial charge in [-0.25, -0.2) is 8.42 Å². The first-order valence-corrected chi connectivity index (χ1v) is 13.6. The average Bonchev–Trinajstić information content (AvgIpc) is 3.57. The predicted molar refractivity (Wildman–Crippen MR) is 134 cm³/mol. The van der Waals surface area contributed by atoms with Crippen molar-refractivity contribution in [2.24, 2.45) is 0 Å². The lowest BCUT2D eigenvalue weighted by molar-refractivity contribution is 0.0905. The molecule has 1 aliphatic heterocycles. The lowest BCUT2D eigenvalue weighted by atomic mass is 10.1. The third-order valence-corrected chi connectivity index (χ3v) is 7.86. The lowest BCUT2D eigenvalue weighted by Crippen LogP contribution is -2.36. The van der Waals surface area contributed by atoms with Crippen molar-refractivity contribution in [1.82, 2.24) is 10.2 Å². The summed E-state index contributed by atoms with van der Waals surface area (Å²) in [5, 5.41) is 3.06. The monoisotopic (exact) mass is 516 g/mol. The molecule has 9 heteroatoms. The van der Waals surface area contributed by atoms with Crippen LogP contribution in [0.25, 0.3) is 0 Å². The molecule has 35 heavy (non-hydrogen) atoms. The fourth-order valence-corrected chi connectivity index (χ4v) is 5.41. The highest BCUT2D eigenvalue weighted by molar-refractivity contribution is 7.91. The van der Waals surface area contributed by atoms with Gasteiger partial charge in [-0.1, -0.05) is 30.7 Å². The summed E-state index contributed by atoms with van der Waals surface area (Å²) in [5.74, 6) is 0.306. The van der Waals surface area contributed by atoms with E-state index >= 15 is 0 Å². The molecule has 0 radical (unpaired) electrons. The minimum absolute atomic E-state index is 0.00564. The van der Waals surface area contributed by atoms with Gasteiger partial charge in [0, 0.05) is 11.6 Å². The zero-order chi connectivity index (χ0) is 24.8. The van der Waals surface area contributed by atoms with Crippen LogP contribution in [0.1, 0.15) is 48.3 Å². The molecule has 1 aliphatic rings. The maximum atomic E-state index is 12.8. The molecule has 0 spiro atoms. The van der Waals surface area contributed by atoms with Gasteiger partial charge in [-0.3, -0.25) is 9.69 Å². The second-order valence-electron chi connectivity index (χ2n) is 8.46. The van der Waals surface area contributed by atoms with Crippen LogP contribution in [0.2, 0.25) is 5.02 Å². The maximum absolute atomic E-state index is 12.8. The molecule has 1 N–H and O–H groups in total. The number of furan rings is 1. The van der Waals surface area contributed by atoms with Crippen LogP contribution < -0.4 is 10.1 Å². The molecule has 0 saturated carbocycles. The van der Waals surface area contributed by atoms with Gasteiger partial charge in [0.05, 0.1) is 17.5 Å². The average molecular weight is 517 g/mol. The summed E-state index contributed by atoms with van der Waals surface area (Å²) >= 11 is 5.85. The van der Waals surface area contributed by atoms with Crippen LogP contribution in [0.4, 0.5) is 0 Å². The molecular formula is C26H29ClN2O5S. The van der Waals surface area contributed by atoms with Crippen molar-refractivity contribution in [3.8, 4) is 5.75 Å². The normalized spacial score (nSPS) is 15.1. The summed E-state index contributed by atoms with van der Waals surface area (Å²) in [6.45, 7) is 5.02. The van der Waals surface area contributed by atoms with Crippen LogP contribution in [0, 0.1) is 0 Å². The smallest absolute Gasteiger partial charge is 0.287 e. The Kier molecular flexibility index (Phi) is 8.15. The summed E-state index contributed by atoms with van der Waals surface area (Å²) in [5.41, 5.74) is 1.08. The number of carbonyl (C=O) groups excluding carboxylic acids is 1. The molecule has 2 aromatic carbocycles. The van der Waals surface area contributed by atoms with Crippen molar-refractivity contribution < 1.29 is 22.4 Å². The lowest BCUT2D eigenvalue weighted by Gasteiger charge is -2.28. The third-order valence-electron chi connectivity index (χ3n) is 5.97. The summed E-state index contributed by atoms with van der Waals surface area (Å²) in [7, 11) is -3.89. The van der Waals surface area contributed by atoms with Crippen LogP contribution in [0.15, 0.2) is 75.1 Å². The fraction of sp³-hybridized carbons (Fsp3) is 0.346. The number of carbonyl (C=O) groups is 1. The largest absolute Gasteiger partial charge is 0.494 e. The van der Waals surface area contributed by atoms with Gasteiger partial charge in [0.15, 0.2) is 5.76 Å². The zero-order valence-electron chi connectivity index (χ0n) is 19.6. The highest BCUT2D eigenvalue weighted by Crippen LogP contribution is 2.27. The number of nitrogens with one attached hydrogen (secondary N) is 1. The van der Waals surface area contributed by atoms with Gasteiger partial charge in [0.2, 0.25) is 14.9 Å². The van der Waals surface area contributed by atoms with E-state index in [0.717, 1.165) is 43.7 Å². The van der Waals surface area contributed by atoms with Crippen molar-refractivity contribution in [3.63, 3.8) is 0 Å². The highest BCUT2D eigenvalue weighted by atomic mass is 35.5. The standard InChI is InChI=1S/C26H29ClN2O5S/c1-2-17-33-21-9-5-19(6-10-21)23(29-15-3-4-16-29)18-28-26(30)24-13-14-25(34-24)35(31,32)22-11-7-20(27)8-12-22/h5-14,23H,2-4,15-18H2,1H3,(H,28,30). The number of amides is 1. The topological polar surface area (TPSA) is 88.8 Å². The fourth-order valence-electron chi connectivity index (χ4n) is 4.11. The van der Waals surface area contributed by atoms with E-state index in [9.17, 15) is 13.2 Å². The van der Waals surface area contributed by atoms with E-state index in [1.165, 1.54) is 36.4 Å². The van der Waals surface area contributed by atoms with Crippen LogP contribution >= 0.6 is 11.6 Å². The first kappa shape index (κ1) is 25.3. The maximum Gasteiger partial charge on any atom is 0.287 e. The molecule has 0 aliphatic carbocycles. The van der Waals surface area contributed by atoms with Crippen molar-refractivity contribution in [2.75, 3.05) is 26.2 Å². The van der Waals surface area contributed by atoms with Crippen molar-refractivity contribution in [3.05, 3.63) is 77.0 Å². The van der Waals surface area contributed by atoms with E-state index in [2.05, 4.69) is 17.1 Å². The number of nitrogens with zero attached hydrogens (tertiary/aromatic N) is 1. The Morgan fingerprint density at radius 2 is 1.74 bits per heavy atom. The second-order valence-corrected chi connectivity index (χ2v) is 10.8. The van der Waals surface area contributed by atoms with Gasteiger partial charge in [-0.05, 0) is 86.4 Å². The number of sulfone groups is 1. The molecular weight excluding hydrogens is 488 g/mol. The number of hydrogen-bond acceptors (Lipinski definition) is 6. The minimum atomic E-state index is -3.89. The van der Waals surface area contributed by atoms with Crippen molar-refractivity contribution in [2.45, 2.75) is 42.2 Å². The van der Waals surface area contributed by atoms with Crippen molar-refractivity contribution in [1.29, 1.82) is 0 Å². The Morgan fingerprint density at radius 1 is 1.06 bits per heavy atom. The second kappa shape index (κ2) is 11.3. The Balaban J connectivity index is 1.45. The first-order chi connectivity index (χ1) is 16.9. The summed E-state index contributed by atoms with van der Waals surface area (Å²) in [6, 6.07) is 16.4. The van der Waals surface area contributed by atoms with Crippen molar-refractivity contribution >= 4 is 27.3 Å². The molecule has 1 aromatic heterocycles. The summed E-state index contributed by atoms with van der Waals surface area (Å²) in [4.78, 5) is 15.2. The van der Waals surface area contributed by atoms with Crippen LogP contribution in [-0.4, -0.2) is 45.5 Å². The highest BCUT2D eigenvalue weighted by Gasteiger charge is 2.26. The van der Waals surface area contributed by atoms with E-state index in [0.29, 0.717) is 18.2 Å². The number of halogens is 1. The minimum Gasteiger partial charge on any atom is -0.494 e. The predicted octanol–water partition coefficient (Wildman–Crippen LogP) is 5.12. The SMILES string of the molecule is CCCOc1ccc(C(CNC(=O)c2ccc(S(=O)(=O)c3ccc(Cl)cc3)o2)N2CCCC2)cc1. The molecule has 7 nitrogen and oxygen atoms in total. The molecule has 1 atom stereocenters. The Bertz CT molecular complexity index is 1230. The Labute approximate surface area is 210 Å². The Morgan fingerprint density at radius 3 is 2.40 bits per heavy atom. The molecule has 0 bridgehead atoms. The number of rotatable bonds is 10. The Hall–Kier alpha value is -2.81. The molecule has 186 valence electrons. The summed E-state index contributed by atoms with van der Waals surface area (Å²) in [6.07, 6.45) is 3.18. The van der Waals surface area contributed by atoms with Gasteiger partial charge in [-0.2, -0.15) is 0 Å². The molecule has 3 aromatic rings. The van der Waals surface area contributed by atoms with Gasteiger partial charge in [-0.15, -0.1) is 0 Å². The quantitative estimate of drug-likeness (QED) is 0.402. The first-order valence-electron chi connectivity index (χ1n) is 11.7. The number of likely N-dealkylation sites (tertiary alicyclic amines) is 1. The van der Waals surface area contributed by atoms with Gasteiger partial charge >= 0.3 is 0 Å². The molecule has 1 saturated heterocycles. The van der Waals surface area contributed by atoms with Gasteiger partial charge < -0.3 is 14.5 Å². The van der Waals surface area contributed by atoms with E-state index in [1.54, 1.807) is 0 Å². The zero-order valence-corrected chi connectivity index (χ0v) is 21.1. The number of ether oxygens (including phenoxy) is 1. The molecule has 2 heterocycles. The number of hydrogen-bond donors (Lipinski definition) is 1. The van der Waals surface area contributed by atoms with E-state index in [-0.39, 0.29) is 21.8 Å². The van der Waals surface area contributed by atoms with E-state index in [4.69, 9.17) is 20.8 Å². The van der Waals surface area contributed by atoms with Crippen LogP contribution in [0.5, 0.6) is 5.75 Å². The molecule has 1 fully saturated rings. The molecule has 1 unspecified atom stereocenters. The van der Waals surface area contributed by atoms with Crippen LogP contribution in [0.3, 0.4) is 0 Å². The summed E-state index contributed by atoms with van der Waals surface area (Å²) < 4.78 is 36.8. The molecule has 1 amide bonds. The third kappa shape index (κ3) is 6.07. The van der Waals surface area contributed by atoms with Gasteiger partial charge in [0.1, 0.15) is 5.75 Å². The van der Waals surface area contributed by atoms with E-state index in [1.807, 2.05) is 24.3 Å². The number of benzene rings is 2. The van der Waals surface area contributed by atoms with E-state index < -0.39 is 15.7 Å². The van der Waals surface area contributed by atoms with Crippen LogP contribution in [-0.2, 0) is 9.84 Å². The molecule has 4 rings (SSSR count). The van der Waals surface area contributed by atoms with Gasteiger partial charge in [0.25, 0.3) is 5.91 Å².